The Kier molecular flexibility index (Phi) is 4.84. The van der Waals surface area contributed by atoms with Crippen molar-refractivity contribution in [2.45, 2.75) is 19.8 Å². The summed E-state index contributed by atoms with van der Waals surface area (Å²) in [6, 6.07) is 10.4. The third-order valence-electron chi connectivity index (χ3n) is 4.50. The second-order valence-electron chi connectivity index (χ2n) is 6.54. The van der Waals surface area contributed by atoms with Gasteiger partial charge in [-0.1, -0.05) is 13.8 Å². The van der Waals surface area contributed by atoms with E-state index in [-0.39, 0.29) is 23.7 Å². The second kappa shape index (κ2) is 7.07. The molecule has 3 rings (SSSR count). The number of nitrogens with one attached hydrogen (secondary N) is 2. The first-order valence-corrected chi connectivity index (χ1v) is 8.42. The molecule has 0 bridgehead atoms. The van der Waals surface area contributed by atoms with Crippen molar-refractivity contribution in [3.05, 3.63) is 47.5 Å². The molecule has 0 aliphatic carbocycles. The maximum Gasteiger partial charge on any atom is 0.255 e. The molecular weight excluding hydrogens is 332 g/mol. The number of rotatable bonds is 5. The smallest absolute Gasteiger partial charge is 0.255 e. The minimum Gasteiger partial charge on any atom is -0.493 e. The van der Waals surface area contributed by atoms with Crippen molar-refractivity contribution in [3.63, 3.8) is 0 Å². The van der Waals surface area contributed by atoms with E-state index in [9.17, 15) is 9.59 Å². The van der Waals surface area contributed by atoms with Crippen LogP contribution >= 0.6 is 0 Å². The largest absolute Gasteiger partial charge is 0.493 e. The van der Waals surface area contributed by atoms with Crippen molar-refractivity contribution in [2.24, 2.45) is 5.92 Å². The van der Waals surface area contributed by atoms with Crippen LogP contribution in [0, 0.1) is 5.92 Å². The van der Waals surface area contributed by atoms with Gasteiger partial charge < -0.3 is 20.1 Å². The molecule has 0 saturated carbocycles. The Morgan fingerprint density at radius 1 is 1.08 bits per heavy atom. The van der Waals surface area contributed by atoms with E-state index in [2.05, 4.69) is 10.6 Å². The van der Waals surface area contributed by atoms with Crippen molar-refractivity contribution in [1.82, 2.24) is 0 Å². The summed E-state index contributed by atoms with van der Waals surface area (Å²) < 4.78 is 10.4. The highest BCUT2D eigenvalue weighted by Crippen LogP contribution is 2.38. The lowest BCUT2D eigenvalue weighted by molar-refractivity contribution is -0.117. The van der Waals surface area contributed by atoms with E-state index in [1.165, 1.54) is 7.11 Å². The molecule has 0 radical (unpaired) electrons. The van der Waals surface area contributed by atoms with E-state index in [1.807, 2.05) is 26.0 Å². The molecule has 0 saturated heterocycles. The van der Waals surface area contributed by atoms with Crippen LogP contribution in [0.2, 0.25) is 0 Å². The standard InChI is InChI=1S/C20H22N2O4/c1-11(2)18-14-10-13(6-7-15(14)22-20(18)24)21-19(23)12-5-8-16(25-3)17(9-12)26-4/h5-11,18H,1-4H3,(H,21,23)(H,22,24). The van der Waals surface area contributed by atoms with Gasteiger partial charge in [0, 0.05) is 16.9 Å². The molecule has 1 heterocycles. The van der Waals surface area contributed by atoms with E-state index in [4.69, 9.17) is 9.47 Å². The van der Waals surface area contributed by atoms with E-state index < -0.39 is 0 Å². The molecule has 0 aromatic heterocycles. The Hall–Kier alpha value is -3.02. The molecule has 2 N–H and O–H groups in total. The molecule has 2 amide bonds. The summed E-state index contributed by atoms with van der Waals surface area (Å²) in [5.41, 5.74) is 2.82. The van der Waals surface area contributed by atoms with Gasteiger partial charge in [0.2, 0.25) is 5.91 Å². The number of fused-ring (bicyclic) bond motifs is 1. The second-order valence-corrected chi connectivity index (χ2v) is 6.54. The quantitative estimate of drug-likeness (QED) is 0.859. The number of carbonyl (C=O) groups is 2. The predicted molar refractivity (Wildman–Crippen MR) is 100 cm³/mol. The number of amides is 2. The number of benzene rings is 2. The van der Waals surface area contributed by atoms with E-state index in [0.29, 0.717) is 22.7 Å². The molecule has 2 aromatic rings. The summed E-state index contributed by atoms with van der Waals surface area (Å²) in [6.07, 6.45) is 0. The highest BCUT2D eigenvalue weighted by molar-refractivity contribution is 6.06. The Morgan fingerprint density at radius 3 is 2.46 bits per heavy atom. The minimum absolute atomic E-state index is 0.00151. The van der Waals surface area contributed by atoms with Gasteiger partial charge in [0.1, 0.15) is 0 Å². The molecule has 1 aliphatic heterocycles. The average molecular weight is 354 g/mol. The van der Waals surface area contributed by atoms with Crippen LogP contribution in [0.15, 0.2) is 36.4 Å². The first-order valence-electron chi connectivity index (χ1n) is 8.42. The SMILES string of the molecule is COc1ccc(C(=O)Nc2ccc3c(c2)C(C(C)C)C(=O)N3)cc1OC. The maximum absolute atomic E-state index is 12.6. The monoisotopic (exact) mass is 354 g/mol. The van der Waals surface area contributed by atoms with E-state index in [0.717, 1.165) is 11.3 Å². The van der Waals surface area contributed by atoms with Gasteiger partial charge in [-0.05, 0) is 47.9 Å². The van der Waals surface area contributed by atoms with Crippen molar-refractivity contribution < 1.29 is 19.1 Å². The molecule has 1 unspecified atom stereocenters. The van der Waals surface area contributed by atoms with Crippen molar-refractivity contribution in [2.75, 3.05) is 24.9 Å². The van der Waals surface area contributed by atoms with E-state index in [1.54, 1.807) is 31.4 Å². The van der Waals surface area contributed by atoms with Crippen LogP contribution in [0.5, 0.6) is 11.5 Å². The fourth-order valence-corrected chi connectivity index (χ4v) is 3.21. The van der Waals surface area contributed by atoms with Crippen molar-refractivity contribution in [1.29, 1.82) is 0 Å². The summed E-state index contributed by atoms with van der Waals surface area (Å²) in [6.45, 7) is 4.02. The minimum atomic E-state index is -0.260. The molecule has 26 heavy (non-hydrogen) atoms. The predicted octanol–water partition coefficient (Wildman–Crippen LogP) is 3.65. The van der Waals surface area contributed by atoms with Crippen LogP contribution in [0.3, 0.4) is 0 Å². The summed E-state index contributed by atoms with van der Waals surface area (Å²) in [7, 11) is 3.07. The van der Waals surface area contributed by atoms with Gasteiger partial charge in [-0.2, -0.15) is 0 Å². The lowest BCUT2D eigenvalue weighted by Crippen LogP contribution is -2.17. The van der Waals surface area contributed by atoms with Gasteiger partial charge in [0.15, 0.2) is 11.5 Å². The average Bonchev–Trinajstić information content (AvgIpc) is 2.96. The number of anilines is 2. The Morgan fingerprint density at radius 2 is 1.81 bits per heavy atom. The zero-order valence-corrected chi connectivity index (χ0v) is 15.3. The first kappa shape index (κ1) is 17.8. The lowest BCUT2D eigenvalue weighted by Gasteiger charge is -2.14. The zero-order chi connectivity index (χ0) is 18.8. The van der Waals surface area contributed by atoms with Crippen LogP contribution in [0.1, 0.15) is 35.7 Å². The number of methoxy groups -OCH3 is 2. The number of hydrogen-bond acceptors (Lipinski definition) is 4. The number of carbonyl (C=O) groups excluding carboxylic acids is 2. The van der Waals surface area contributed by atoms with Gasteiger partial charge in [-0.3, -0.25) is 9.59 Å². The summed E-state index contributed by atoms with van der Waals surface area (Å²) in [4.78, 5) is 24.7. The lowest BCUT2D eigenvalue weighted by atomic mass is 9.89. The highest BCUT2D eigenvalue weighted by atomic mass is 16.5. The molecule has 0 fully saturated rings. The van der Waals surface area contributed by atoms with Gasteiger partial charge >= 0.3 is 0 Å². The molecule has 136 valence electrons. The van der Waals surface area contributed by atoms with Crippen LogP contribution < -0.4 is 20.1 Å². The number of hydrogen-bond donors (Lipinski definition) is 2. The Labute approximate surface area is 152 Å². The molecule has 1 aliphatic rings. The molecule has 6 nitrogen and oxygen atoms in total. The topological polar surface area (TPSA) is 76.7 Å². The highest BCUT2D eigenvalue weighted by Gasteiger charge is 2.33. The van der Waals surface area contributed by atoms with Crippen LogP contribution in [-0.2, 0) is 4.79 Å². The van der Waals surface area contributed by atoms with Crippen molar-refractivity contribution >= 4 is 23.2 Å². The summed E-state index contributed by atoms with van der Waals surface area (Å²) in [5, 5.41) is 5.76. The van der Waals surface area contributed by atoms with Gasteiger partial charge in [0.05, 0.1) is 20.1 Å². The van der Waals surface area contributed by atoms with Gasteiger partial charge in [0.25, 0.3) is 5.91 Å². The van der Waals surface area contributed by atoms with Gasteiger partial charge in [-0.25, -0.2) is 0 Å². The van der Waals surface area contributed by atoms with Crippen molar-refractivity contribution in [3.8, 4) is 11.5 Å². The molecule has 2 aromatic carbocycles. The van der Waals surface area contributed by atoms with Crippen LogP contribution in [0.4, 0.5) is 11.4 Å². The third kappa shape index (κ3) is 3.22. The molecule has 6 heteroatoms. The fraction of sp³-hybridized carbons (Fsp3) is 0.300. The fourth-order valence-electron chi connectivity index (χ4n) is 3.21. The normalized spacial score (nSPS) is 15.4. The Bertz CT molecular complexity index is 861. The molecule has 1 atom stereocenters. The summed E-state index contributed by atoms with van der Waals surface area (Å²) in [5.74, 6) is 0.758. The zero-order valence-electron chi connectivity index (χ0n) is 15.3. The molecule has 0 spiro atoms. The third-order valence-corrected chi connectivity index (χ3v) is 4.50. The summed E-state index contributed by atoms with van der Waals surface area (Å²) >= 11 is 0. The number of ether oxygens (including phenoxy) is 2. The first-order chi connectivity index (χ1) is 12.4. The van der Waals surface area contributed by atoms with Crippen LogP contribution in [0.25, 0.3) is 0 Å². The Balaban J connectivity index is 1.84. The van der Waals surface area contributed by atoms with Gasteiger partial charge in [-0.15, -0.1) is 0 Å². The van der Waals surface area contributed by atoms with Crippen LogP contribution in [-0.4, -0.2) is 26.0 Å². The maximum atomic E-state index is 12.6. The molecular formula is C20H22N2O4. The van der Waals surface area contributed by atoms with E-state index >= 15 is 0 Å².